The van der Waals surface area contributed by atoms with Crippen LogP contribution < -0.4 is 0 Å². The SMILES string of the molecule is C[C](C)([Zn])I. The Hall–Kier alpha value is 1.35. The number of hydrogen-bond donors (Lipinski definition) is 0. The first-order valence-electron chi connectivity index (χ1n) is 1.54. The van der Waals surface area contributed by atoms with Crippen molar-refractivity contribution in [3.63, 3.8) is 0 Å². The molecule has 0 rings (SSSR count). The summed E-state index contributed by atoms with van der Waals surface area (Å²) < 4.78 is 0.595. The molecule has 0 amide bonds. The van der Waals surface area contributed by atoms with Gasteiger partial charge >= 0.3 is 56.8 Å². The van der Waals surface area contributed by atoms with Crippen LogP contribution >= 0.6 is 22.6 Å². The molecular weight excluding hydrogens is 228 g/mol. The normalized spacial score (nSPS) is 12.2. The molecule has 0 bridgehead atoms. The standard InChI is InChI=1S/C3H6I.Zn/c1-3(2)4;/h1-2H3;. The van der Waals surface area contributed by atoms with E-state index in [2.05, 4.69) is 36.4 Å². The Balaban J connectivity index is 3.02. The molecule has 2 heteroatoms. The van der Waals surface area contributed by atoms with Crippen molar-refractivity contribution in [2.45, 2.75) is 15.9 Å². The molecule has 0 nitrogen and oxygen atoms in total. The Morgan fingerprint density at radius 1 is 1.60 bits per heavy atom. The molecular formula is C3H6IZn. The summed E-state index contributed by atoms with van der Waals surface area (Å²) in [5.41, 5.74) is 0. The predicted molar refractivity (Wildman–Crippen MR) is 28.1 cm³/mol. The van der Waals surface area contributed by atoms with E-state index in [1.165, 1.54) is 18.3 Å². The van der Waals surface area contributed by atoms with Gasteiger partial charge in [0.15, 0.2) is 0 Å². The molecule has 0 aliphatic carbocycles. The molecule has 0 saturated carbocycles. The molecule has 0 aliphatic rings. The van der Waals surface area contributed by atoms with E-state index < -0.39 is 0 Å². The number of halogens is 1. The van der Waals surface area contributed by atoms with Crippen molar-refractivity contribution in [1.29, 1.82) is 0 Å². The van der Waals surface area contributed by atoms with E-state index in [0.717, 1.165) is 0 Å². The first-order chi connectivity index (χ1) is 2.00. The van der Waals surface area contributed by atoms with E-state index in [-0.39, 0.29) is 0 Å². The molecule has 0 fully saturated rings. The van der Waals surface area contributed by atoms with Crippen LogP contribution in [0, 0.1) is 0 Å². The summed E-state index contributed by atoms with van der Waals surface area (Å²) in [6.07, 6.45) is 0. The van der Waals surface area contributed by atoms with Gasteiger partial charge in [0.2, 0.25) is 0 Å². The molecule has 0 aliphatic heterocycles. The third-order valence-corrected chi connectivity index (χ3v) is 0. The molecule has 0 aromatic heterocycles. The zero-order valence-corrected chi connectivity index (χ0v) is 8.71. The van der Waals surface area contributed by atoms with Crippen molar-refractivity contribution >= 4 is 22.6 Å². The summed E-state index contributed by atoms with van der Waals surface area (Å²) in [5, 5.41) is 0. The van der Waals surface area contributed by atoms with Crippen LogP contribution in [0.4, 0.5) is 0 Å². The second kappa shape index (κ2) is 1.88. The molecule has 0 atom stereocenters. The van der Waals surface area contributed by atoms with E-state index in [1.54, 1.807) is 0 Å². The van der Waals surface area contributed by atoms with Crippen molar-refractivity contribution in [3.8, 4) is 0 Å². The topological polar surface area (TPSA) is 0 Å². The van der Waals surface area contributed by atoms with Gasteiger partial charge in [-0.3, -0.25) is 0 Å². The fraction of sp³-hybridized carbons (Fsp3) is 1.00. The Bertz CT molecular complexity index is 22.4. The Labute approximate surface area is 56.5 Å². The zero-order valence-electron chi connectivity index (χ0n) is 3.59. The van der Waals surface area contributed by atoms with Gasteiger partial charge in [0.1, 0.15) is 0 Å². The summed E-state index contributed by atoms with van der Waals surface area (Å²) in [6, 6.07) is 0. The van der Waals surface area contributed by atoms with Crippen LogP contribution in [0.3, 0.4) is 0 Å². The molecule has 0 unspecified atom stereocenters. The van der Waals surface area contributed by atoms with E-state index in [4.69, 9.17) is 0 Å². The van der Waals surface area contributed by atoms with Crippen molar-refractivity contribution in [2.75, 3.05) is 0 Å². The molecule has 0 radical (unpaired) electrons. The Morgan fingerprint density at radius 2 is 1.60 bits per heavy atom. The minimum absolute atomic E-state index is 0.595. The van der Waals surface area contributed by atoms with Gasteiger partial charge in [-0.1, -0.05) is 0 Å². The summed E-state index contributed by atoms with van der Waals surface area (Å²) in [6.45, 7) is 4.46. The van der Waals surface area contributed by atoms with E-state index in [1.807, 2.05) is 0 Å². The third kappa shape index (κ3) is 32.9. The molecule has 0 heterocycles. The van der Waals surface area contributed by atoms with Gasteiger partial charge in [0.05, 0.1) is 0 Å². The first-order valence-corrected chi connectivity index (χ1v) is 4.10. The van der Waals surface area contributed by atoms with Gasteiger partial charge in [-0.05, 0) is 0 Å². The summed E-state index contributed by atoms with van der Waals surface area (Å²) in [5.74, 6) is 0. The quantitative estimate of drug-likeness (QED) is 0.340. The van der Waals surface area contributed by atoms with Crippen LogP contribution in [0.5, 0.6) is 0 Å². The summed E-state index contributed by atoms with van der Waals surface area (Å²) in [7, 11) is 0. The molecule has 0 aromatic carbocycles. The molecule has 27 valence electrons. The van der Waals surface area contributed by atoms with Crippen molar-refractivity contribution in [3.05, 3.63) is 0 Å². The second-order valence-electron chi connectivity index (χ2n) is 1.72. The van der Waals surface area contributed by atoms with Crippen LogP contribution in [0.1, 0.15) is 13.8 Å². The van der Waals surface area contributed by atoms with Crippen LogP contribution in [-0.4, -0.2) is 2.02 Å². The predicted octanol–water partition coefficient (Wildman–Crippen LogP) is 1.70. The molecule has 0 N–H and O–H groups in total. The van der Waals surface area contributed by atoms with Crippen LogP contribution in [0.25, 0.3) is 0 Å². The maximum absolute atomic E-state index is 2.43. The average molecular weight is 234 g/mol. The zero-order chi connectivity index (χ0) is 4.50. The van der Waals surface area contributed by atoms with Gasteiger partial charge in [0, 0.05) is 0 Å². The van der Waals surface area contributed by atoms with Gasteiger partial charge in [-0.2, -0.15) is 0 Å². The van der Waals surface area contributed by atoms with E-state index in [0.29, 0.717) is 2.02 Å². The molecule has 0 spiro atoms. The number of rotatable bonds is 0. The fourth-order valence-electron chi connectivity index (χ4n) is 0. The monoisotopic (exact) mass is 233 g/mol. The molecule has 5 heavy (non-hydrogen) atoms. The number of alkyl halides is 1. The second-order valence-corrected chi connectivity index (χ2v) is 11.4. The van der Waals surface area contributed by atoms with Gasteiger partial charge in [0.25, 0.3) is 0 Å². The van der Waals surface area contributed by atoms with Crippen molar-refractivity contribution < 1.29 is 18.3 Å². The minimum atomic E-state index is 0.595. The van der Waals surface area contributed by atoms with Gasteiger partial charge in [-0.15, -0.1) is 0 Å². The average Bonchev–Trinajstić information content (AvgIpc) is 0.722. The Kier molecular flexibility index (Phi) is 2.38. The van der Waals surface area contributed by atoms with Crippen LogP contribution in [0.15, 0.2) is 0 Å². The Morgan fingerprint density at radius 3 is 1.60 bits per heavy atom. The fourth-order valence-corrected chi connectivity index (χ4v) is 0. The third-order valence-electron chi connectivity index (χ3n) is 0. The van der Waals surface area contributed by atoms with Gasteiger partial charge < -0.3 is 0 Å². The number of hydrogen-bond acceptors (Lipinski definition) is 0. The van der Waals surface area contributed by atoms with Crippen LogP contribution in [-0.2, 0) is 18.3 Å². The van der Waals surface area contributed by atoms with E-state index >= 15 is 0 Å². The summed E-state index contributed by atoms with van der Waals surface area (Å²) >= 11 is 3.82. The maximum atomic E-state index is 2.43. The van der Waals surface area contributed by atoms with Crippen molar-refractivity contribution in [1.82, 2.24) is 0 Å². The van der Waals surface area contributed by atoms with Crippen LogP contribution in [0.2, 0.25) is 0 Å². The van der Waals surface area contributed by atoms with Gasteiger partial charge in [-0.25, -0.2) is 0 Å². The van der Waals surface area contributed by atoms with E-state index in [9.17, 15) is 0 Å². The summed E-state index contributed by atoms with van der Waals surface area (Å²) in [4.78, 5) is 0. The molecule has 0 aromatic rings. The first kappa shape index (κ1) is 6.35. The van der Waals surface area contributed by atoms with Crippen molar-refractivity contribution in [2.24, 2.45) is 0 Å². The molecule has 0 saturated heterocycles.